The minimum absolute atomic E-state index is 0.00377. The molecule has 0 saturated carbocycles. The number of nitrogens with zero attached hydrogens (tertiary/aromatic N) is 1. The lowest BCUT2D eigenvalue weighted by molar-refractivity contribution is 0.102. The Labute approximate surface area is 160 Å². The Balaban J connectivity index is 1.79. The van der Waals surface area contributed by atoms with Crippen molar-refractivity contribution in [3.05, 3.63) is 88.7 Å². The molecule has 2 amide bonds. The van der Waals surface area contributed by atoms with E-state index < -0.39 is 29.1 Å². The van der Waals surface area contributed by atoms with Crippen molar-refractivity contribution in [1.82, 2.24) is 4.98 Å². The molecule has 0 bridgehead atoms. The maximum Gasteiger partial charge on any atom is 0.257 e. The number of benzene rings is 2. The minimum Gasteiger partial charge on any atom is -0.322 e. The molecule has 28 heavy (non-hydrogen) atoms. The van der Waals surface area contributed by atoms with Crippen LogP contribution in [-0.4, -0.2) is 16.8 Å². The molecule has 2 aromatic carbocycles. The fraction of sp³-hybridized carbons (Fsp3) is 0.0952. The number of carbonyl (C=O) groups is 2. The molecule has 0 atom stereocenters. The molecule has 0 unspecified atom stereocenters. The lowest BCUT2D eigenvalue weighted by Crippen LogP contribution is -2.17. The smallest absolute Gasteiger partial charge is 0.257 e. The van der Waals surface area contributed by atoms with E-state index in [1.54, 1.807) is 6.07 Å². The molecule has 7 heteroatoms. The highest BCUT2D eigenvalue weighted by Crippen LogP contribution is 2.20. The van der Waals surface area contributed by atoms with Crippen LogP contribution in [0.15, 0.2) is 54.9 Å². The van der Waals surface area contributed by atoms with E-state index in [1.165, 1.54) is 24.5 Å². The lowest BCUT2D eigenvalue weighted by Gasteiger charge is -2.10. The van der Waals surface area contributed by atoms with Gasteiger partial charge in [-0.3, -0.25) is 14.6 Å². The molecule has 0 radical (unpaired) electrons. The maximum atomic E-state index is 13.7. The first kappa shape index (κ1) is 19.2. The zero-order chi connectivity index (χ0) is 20.3. The molecule has 3 rings (SSSR count). The van der Waals surface area contributed by atoms with Gasteiger partial charge in [-0.15, -0.1) is 0 Å². The van der Waals surface area contributed by atoms with Crippen molar-refractivity contribution in [2.75, 3.05) is 10.6 Å². The summed E-state index contributed by atoms with van der Waals surface area (Å²) < 4.78 is 27.4. The number of hydrogen-bond donors (Lipinski definition) is 2. The molecule has 0 saturated heterocycles. The highest BCUT2D eigenvalue weighted by Gasteiger charge is 2.16. The normalized spacial score (nSPS) is 10.4. The predicted molar refractivity (Wildman–Crippen MR) is 102 cm³/mol. The number of amides is 2. The Morgan fingerprint density at radius 3 is 2.07 bits per heavy atom. The van der Waals surface area contributed by atoms with Crippen molar-refractivity contribution < 1.29 is 18.4 Å². The number of para-hydroxylation sites is 1. The number of halogens is 2. The van der Waals surface area contributed by atoms with Gasteiger partial charge in [-0.2, -0.15) is 0 Å². The first-order chi connectivity index (χ1) is 13.3. The molecule has 0 fully saturated rings. The molecule has 0 aliphatic heterocycles. The van der Waals surface area contributed by atoms with Gasteiger partial charge >= 0.3 is 0 Å². The molecule has 142 valence electrons. The van der Waals surface area contributed by atoms with E-state index in [2.05, 4.69) is 15.6 Å². The van der Waals surface area contributed by atoms with E-state index in [-0.39, 0.29) is 11.1 Å². The number of anilines is 2. The van der Waals surface area contributed by atoms with Crippen LogP contribution in [-0.2, 0) is 0 Å². The van der Waals surface area contributed by atoms with Crippen LogP contribution in [0.25, 0.3) is 0 Å². The van der Waals surface area contributed by atoms with Crippen LogP contribution >= 0.6 is 0 Å². The SMILES string of the molecule is Cc1ccc(NC(=O)c2cncc(C(=O)Nc3c(F)cccc3F)c2)c(C)c1. The number of hydrogen-bond acceptors (Lipinski definition) is 3. The summed E-state index contributed by atoms with van der Waals surface area (Å²) in [5.41, 5.74) is 2.18. The minimum atomic E-state index is -0.898. The average Bonchev–Trinajstić information content (AvgIpc) is 2.67. The molecule has 2 N–H and O–H groups in total. The average molecular weight is 381 g/mol. The van der Waals surface area contributed by atoms with Crippen molar-refractivity contribution in [1.29, 1.82) is 0 Å². The Morgan fingerprint density at radius 2 is 1.46 bits per heavy atom. The van der Waals surface area contributed by atoms with E-state index >= 15 is 0 Å². The third-order valence-corrected chi connectivity index (χ3v) is 4.09. The summed E-state index contributed by atoms with van der Waals surface area (Å²) in [6.45, 7) is 3.82. The van der Waals surface area contributed by atoms with Crippen molar-refractivity contribution in [2.24, 2.45) is 0 Å². The van der Waals surface area contributed by atoms with Crippen molar-refractivity contribution in [3.63, 3.8) is 0 Å². The zero-order valence-corrected chi connectivity index (χ0v) is 15.2. The number of nitrogens with one attached hydrogen (secondary N) is 2. The van der Waals surface area contributed by atoms with E-state index in [0.717, 1.165) is 23.3 Å². The highest BCUT2D eigenvalue weighted by molar-refractivity contribution is 6.08. The quantitative estimate of drug-likeness (QED) is 0.700. The number of aryl methyl sites for hydroxylation is 2. The van der Waals surface area contributed by atoms with Crippen LogP contribution in [0.5, 0.6) is 0 Å². The van der Waals surface area contributed by atoms with Crippen LogP contribution in [0.1, 0.15) is 31.8 Å². The second-order valence-electron chi connectivity index (χ2n) is 6.29. The van der Waals surface area contributed by atoms with Gasteiger partial charge in [0.05, 0.1) is 11.1 Å². The molecule has 0 aliphatic rings. The summed E-state index contributed by atoms with van der Waals surface area (Å²) >= 11 is 0. The van der Waals surface area contributed by atoms with Gasteiger partial charge in [0.25, 0.3) is 11.8 Å². The second-order valence-corrected chi connectivity index (χ2v) is 6.29. The topological polar surface area (TPSA) is 71.1 Å². The maximum absolute atomic E-state index is 13.7. The fourth-order valence-corrected chi connectivity index (χ4v) is 2.64. The molecule has 5 nitrogen and oxygen atoms in total. The summed E-state index contributed by atoms with van der Waals surface area (Å²) in [5, 5.41) is 4.92. The number of rotatable bonds is 4. The first-order valence-electron chi connectivity index (χ1n) is 8.44. The van der Waals surface area contributed by atoms with E-state index in [0.29, 0.717) is 5.69 Å². The van der Waals surface area contributed by atoms with Crippen molar-refractivity contribution >= 4 is 23.2 Å². The van der Waals surface area contributed by atoms with Crippen LogP contribution in [0.3, 0.4) is 0 Å². The van der Waals surface area contributed by atoms with Gasteiger partial charge in [-0.05, 0) is 43.7 Å². The monoisotopic (exact) mass is 381 g/mol. The van der Waals surface area contributed by atoms with E-state index in [4.69, 9.17) is 0 Å². The molecule has 3 aromatic rings. The molecule has 1 heterocycles. The highest BCUT2D eigenvalue weighted by atomic mass is 19.1. The van der Waals surface area contributed by atoms with Crippen LogP contribution in [0.4, 0.5) is 20.2 Å². The van der Waals surface area contributed by atoms with Gasteiger partial charge in [-0.25, -0.2) is 8.78 Å². The number of pyridine rings is 1. The summed E-state index contributed by atoms with van der Waals surface area (Å²) in [5.74, 6) is -3.03. The van der Waals surface area contributed by atoms with Crippen molar-refractivity contribution in [2.45, 2.75) is 13.8 Å². The Morgan fingerprint density at radius 1 is 0.857 bits per heavy atom. The summed E-state index contributed by atoms with van der Waals surface area (Å²) in [6, 6.07) is 10.1. The number of carbonyl (C=O) groups excluding carboxylic acids is 2. The third kappa shape index (κ3) is 4.20. The van der Waals surface area contributed by atoms with E-state index in [9.17, 15) is 18.4 Å². The molecular weight excluding hydrogens is 364 g/mol. The zero-order valence-electron chi connectivity index (χ0n) is 15.2. The summed E-state index contributed by atoms with van der Waals surface area (Å²) in [7, 11) is 0. The molecule has 1 aromatic heterocycles. The standard InChI is InChI=1S/C21H17F2N3O2/c1-12-6-7-18(13(2)8-12)25-20(27)14-9-15(11-24-10-14)21(28)26-19-16(22)4-3-5-17(19)23/h3-11H,1-2H3,(H,25,27)(H,26,28). The Kier molecular flexibility index (Phi) is 5.44. The molecule has 0 spiro atoms. The third-order valence-electron chi connectivity index (χ3n) is 4.09. The second kappa shape index (κ2) is 7.96. The Hall–Kier alpha value is -3.61. The van der Waals surface area contributed by atoms with Crippen LogP contribution < -0.4 is 10.6 Å². The van der Waals surface area contributed by atoms with Gasteiger partial charge in [0.2, 0.25) is 0 Å². The first-order valence-corrected chi connectivity index (χ1v) is 8.44. The van der Waals surface area contributed by atoms with Crippen molar-refractivity contribution in [3.8, 4) is 0 Å². The molecule has 0 aliphatic carbocycles. The fourth-order valence-electron chi connectivity index (χ4n) is 2.64. The lowest BCUT2D eigenvalue weighted by atomic mass is 10.1. The van der Waals surface area contributed by atoms with Gasteiger partial charge in [-0.1, -0.05) is 23.8 Å². The number of aromatic nitrogens is 1. The van der Waals surface area contributed by atoms with Gasteiger partial charge in [0.15, 0.2) is 0 Å². The summed E-state index contributed by atoms with van der Waals surface area (Å²) in [6.07, 6.45) is 2.52. The van der Waals surface area contributed by atoms with Crippen LogP contribution in [0.2, 0.25) is 0 Å². The molecular formula is C21H17F2N3O2. The van der Waals surface area contributed by atoms with Gasteiger partial charge in [0, 0.05) is 18.1 Å². The summed E-state index contributed by atoms with van der Waals surface area (Å²) in [4.78, 5) is 28.7. The van der Waals surface area contributed by atoms with E-state index in [1.807, 2.05) is 26.0 Å². The largest absolute Gasteiger partial charge is 0.322 e. The van der Waals surface area contributed by atoms with Crippen LogP contribution in [0, 0.1) is 25.5 Å². The Bertz CT molecular complexity index is 1050. The van der Waals surface area contributed by atoms with Gasteiger partial charge in [0.1, 0.15) is 17.3 Å². The van der Waals surface area contributed by atoms with Gasteiger partial charge < -0.3 is 10.6 Å². The predicted octanol–water partition coefficient (Wildman–Crippen LogP) is 4.48.